The molecule has 3 heterocycles. The fourth-order valence-corrected chi connectivity index (χ4v) is 4.49. The third-order valence-corrected chi connectivity index (χ3v) is 6.33. The van der Waals surface area contributed by atoms with Crippen LogP contribution in [0.5, 0.6) is 5.75 Å². The first kappa shape index (κ1) is 23.9. The van der Waals surface area contributed by atoms with E-state index in [1.807, 2.05) is 31.3 Å². The number of anilines is 1. The molecule has 0 aliphatic carbocycles. The number of aryl methyl sites for hydroxylation is 1. The van der Waals surface area contributed by atoms with Crippen molar-refractivity contribution < 1.29 is 14.6 Å². The summed E-state index contributed by atoms with van der Waals surface area (Å²) < 4.78 is 5.66. The molecule has 34 heavy (non-hydrogen) atoms. The van der Waals surface area contributed by atoms with Crippen LogP contribution in [0.15, 0.2) is 48.8 Å². The Morgan fingerprint density at radius 3 is 2.82 bits per heavy atom. The second kappa shape index (κ2) is 10.4. The van der Waals surface area contributed by atoms with Crippen molar-refractivity contribution >= 4 is 22.5 Å². The van der Waals surface area contributed by atoms with E-state index >= 15 is 0 Å². The SMILES string of the molecule is Cc1cc(N2CCC(O)(CN(C)C(=O)c3cccc(OCCCN)c3)CC2)c2cnccc2n1. The summed E-state index contributed by atoms with van der Waals surface area (Å²) in [5, 5.41) is 12.3. The molecular weight excluding hydrogens is 430 g/mol. The van der Waals surface area contributed by atoms with Crippen molar-refractivity contribution in [1.29, 1.82) is 0 Å². The molecule has 0 radical (unpaired) electrons. The minimum atomic E-state index is -0.938. The molecule has 1 saturated heterocycles. The number of amides is 1. The van der Waals surface area contributed by atoms with E-state index in [-0.39, 0.29) is 12.5 Å². The molecule has 4 rings (SSSR count). The lowest BCUT2D eigenvalue weighted by Crippen LogP contribution is -2.51. The summed E-state index contributed by atoms with van der Waals surface area (Å²) in [7, 11) is 1.74. The molecule has 1 aliphatic heterocycles. The standard InChI is InChI=1S/C26H33N5O3/c1-19-15-24(22-17-28-11-7-23(22)29-19)31-12-8-26(33,9-13-31)18-30(2)25(32)20-5-3-6-21(16-20)34-14-4-10-27/h3,5-7,11,15-17,33H,4,8-10,12-14,18,27H2,1-2H3. The van der Waals surface area contributed by atoms with Gasteiger partial charge in [-0.1, -0.05) is 6.07 Å². The highest BCUT2D eigenvalue weighted by Crippen LogP contribution is 2.32. The van der Waals surface area contributed by atoms with E-state index in [9.17, 15) is 9.90 Å². The van der Waals surface area contributed by atoms with E-state index in [2.05, 4.69) is 20.9 Å². The zero-order chi connectivity index (χ0) is 24.1. The van der Waals surface area contributed by atoms with Crippen LogP contribution in [0.3, 0.4) is 0 Å². The zero-order valence-corrected chi connectivity index (χ0v) is 19.9. The normalized spacial score (nSPS) is 15.4. The van der Waals surface area contributed by atoms with Crippen LogP contribution in [0.4, 0.5) is 5.69 Å². The monoisotopic (exact) mass is 463 g/mol. The number of likely N-dealkylation sites (N-methyl/N-ethyl adjacent to an activating group) is 1. The second-order valence-electron chi connectivity index (χ2n) is 9.07. The molecule has 0 spiro atoms. The van der Waals surface area contributed by atoms with Crippen molar-refractivity contribution in [3.8, 4) is 5.75 Å². The summed E-state index contributed by atoms with van der Waals surface area (Å²) in [4.78, 5) is 25.8. The number of benzene rings is 1. The minimum Gasteiger partial charge on any atom is -0.494 e. The Balaban J connectivity index is 1.39. The lowest BCUT2D eigenvalue weighted by Gasteiger charge is -2.41. The fraction of sp³-hybridized carbons (Fsp3) is 0.423. The number of rotatable bonds is 8. The van der Waals surface area contributed by atoms with Gasteiger partial charge in [-0.2, -0.15) is 0 Å². The van der Waals surface area contributed by atoms with Crippen molar-refractivity contribution in [2.24, 2.45) is 5.73 Å². The first-order valence-electron chi connectivity index (χ1n) is 11.8. The van der Waals surface area contributed by atoms with E-state index in [0.29, 0.717) is 50.4 Å². The molecule has 3 aromatic rings. The summed E-state index contributed by atoms with van der Waals surface area (Å²) in [6.07, 6.45) is 5.49. The predicted molar refractivity (Wildman–Crippen MR) is 133 cm³/mol. The summed E-state index contributed by atoms with van der Waals surface area (Å²) in [5.74, 6) is 0.510. The minimum absolute atomic E-state index is 0.137. The van der Waals surface area contributed by atoms with Gasteiger partial charge in [0, 0.05) is 61.4 Å². The van der Waals surface area contributed by atoms with Crippen LogP contribution in [0.25, 0.3) is 10.9 Å². The van der Waals surface area contributed by atoms with Crippen LogP contribution >= 0.6 is 0 Å². The van der Waals surface area contributed by atoms with E-state index in [4.69, 9.17) is 10.5 Å². The van der Waals surface area contributed by atoms with Gasteiger partial charge in [0.1, 0.15) is 5.75 Å². The highest BCUT2D eigenvalue weighted by molar-refractivity contribution is 5.94. The number of aromatic nitrogens is 2. The first-order valence-corrected chi connectivity index (χ1v) is 11.8. The lowest BCUT2D eigenvalue weighted by atomic mass is 9.90. The molecule has 1 aromatic carbocycles. The molecule has 0 bridgehead atoms. The quantitative estimate of drug-likeness (QED) is 0.495. The number of hydrogen-bond donors (Lipinski definition) is 2. The molecule has 8 heteroatoms. The number of aliphatic hydroxyl groups is 1. The Morgan fingerprint density at radius 1 is 1.26 bits per heavy atom. The summed E-state index contributed by atoms with van der Waals surface area (Å²) >= 11 is 0. The molecule has 2 aromatic heterocycles. The third-order valence-electron chi connectivity index (χ3n) is 6.33. The molecule has 8 nitrogen and oxygen atoms in total. The molecule has 1 amide bonds. The highest BCUT2D eigenvalue weighted by Gasteiger charge is 2.35. The zero-order valence-electron chi connectivity index (χ0n) is 19.9. The van der Waals surface area contributed by atoms with Crippen LogP contribution in [-0.4, -0.2) is 71.3 Å². The molecule has 1 aliphatic rings. The van der Waals surface area contributed by atoms with Gasteiger partial charge in [-0.15, -0.1) is 0 Å². The van der Waals surface area contributed by atoms with Gasteiger partial charge in [0.15, 0.2) is 0 Å². The van der Waals surface area contributed by atoms with E-state index < -0.39 is 5.60 Å². The van der Waals surface area contributed by atoms with Gasteiger partial charge >= 0.3 is 0 Å². The molecule has 3 N–H and O–H groups in total. The highest BCUT2D eigenvalue weighted by atomic mass is 16.5. The number of ether oxygens (including phenoxy) is 1. The van der Waals surface area contributed by atoms with Crippen molar-refractivity contribution in [1.82, 2.24) is 14.9 Å². The van der Waals surface area contributed by atoms with Crippen molar-refractivity contribution in [3.05, 3.63) is 60.0 Å². The number of carbonyl (C=O) groups is 1. The van der Waals surface area contributed by atoms with Gasteiger partial charge in [0.25, 0.3) is 5.91 Å². The average Bonchev–Trinajstić information content (AvgIpc) is 2.83. The van der Waals surface area contributed by atoms with Gasteiger partial charge in [-0.05, 0) is 63.1 Å². The van der Waals surface area contributed by atoms with Gasteiger partial charge < -0.3 is 25.4 Å². The van der Waals surface area contributed by atoms with Gasteiger partial charge in [-0.25, -0.2) is 0 Å². The summed E-state index contributed by atoms with van der Waals surface area (Å²) in [6.45, 7) is 4.72. The number of nitrogens with two attached hydrogens (primary N) is 1. The number of fused-ring (bicyclic) bond motifs is 1. The first-order chi connectivity index (χ1) is 16.4. The molecule has 0 atom stereocenters. The van der Waals surface area contributed by atoms with Crippen LogP contribution in [0, 0.1) is 6.92 Å². The van der Waals surface area contributed by atoms with Gasteiger partial charge in [0.05, 0.1) is 17.7 Å². The number of carbonyl (C=O) groups excluding carboxylic acids is 1. The molecular formula is C26H33N5O3. The van der Waals surface area contributed by atoms with Crippen molar-refractivity contribution in [2.45, 2.75) is 31.8 Å². The van der Waals surface area contributed by atoms with Crippen LogP contribution in [0.1, 0.15) is 35.3 Å². The average molecular weight is 464 g/mol. The molecule has 0 saturated carbocycles. The van der Waals surface area contributed by atoms with Crippen LogP contribution in [0.2, 0.25) is 0 Å². The number of pyridine rings is 2. The second-order valence-corrected chi connectivity index (χ2v) is 9.07. The Hall–Kier alpha value is -3.23. The maximum atomic E-state index is 13.0. The molecule has 1 fully saturated rings. The van der Waals surface area contributed by atoms with Gasteiger partial charge in [0.2, 0.25) is 0 Å². The Labute approximate surface area is 200 Å². The van der Waals surface area contributed by atoms with Crippen molar-refractivity contribution in [2.75, 3.05) is 44.7 Å². The number of hydrogen-bond acceptors (Lipinski definition) is 7. The van der Waals surface area contributed by atoms with Gasteiger partial charge in [-0.3, -0.25) is 14.8 Å². The van der Waals surface area contributed by atoms with E-state index in [1.165, 1.54) is 0 Å². The third kappa shape index (κ3) is 5.46. The Kier molecular flexibility index (Phi) is 7.29. The smallest absolute Gasteiger partial charge is 0.253 e. The largest absolute Gasteiger partial charge is 0.494 e. The summed E-state index contributed by atoms with van der Waals surface area (Å²) in [5.41, 5.74) is 8.08. The number of nitrogens with zero attached hydrogens (tertiary/aromatic N) is 4. The molecule has 180 valence electrons. The van der Waals surface area contributed by atoms with Crippen LogP contribution < -0.4 is 15.4 Å². The maximum absolute atomic E-state index is 13.0. The van der Waals surface area contributed by atoms with E-state index in [1.54, 1.807) is 30.3 Å². The van der Waals surface area contributed by atoms with Crippen molar-refractivity contribution in [3.63, 3.8) is 0 Å². The molecule has 0 unspecified atom stereocenters. The Bertz CT molecular complexity index is 1140. The lowest BCUT2D eigenvalue weighted by molar-refractivity contribution is -0.00799. The predicted octanol–water partition coefficient (Wildman–Crippen LogP) is 2.77. The topological polar surface area (TPSA) is 105 Å². The summed E-state index contributed by atoms with van der Waals surface area (Å²) in [6, 6.07) is 11.1. The van der Waals surface area contributed by atoms with Crippen LogP contribution in [-0.2, 0) is 0 Å². The fourth-order valence-electron chi connectivity index (χ4n) is 4.49. The van der Waals surface area contributed by atoms with E-state index in [0.717, 1.165) is 28.7 Å². The number of piperidine rings is 1. The maximum Gasteiger partial charge on any atom is 0.253 e. The Morgan fingerprint density at radius 2 is 2.06 bits per heavy atom.